The smallest absolute Gasteiger partial charge is 0.344 e. The van der Waals surface area contributed by atoms with Crippen molar-refractivity contribution in [2.75, 3.05) is 6.61 Å². The Kier molecular flexibility index (Phi) is 8.84. The first-order chi connectivity index (χ1) is 17.9. The summed E-state index contributed by atoms with van der Waals surface area (Å²) in [7, 11) is 0. The maximum absolute atomic E-state index is 12.5. The van der Waals surface area contributed by atoms with Crippen LogP contribution in [-0.4, -0.2) is 28.6 Å². The number of hydrogen-bond acceptors (Lipinski definition) is 6. The molecule has 37 heavy (non-hydrogen) atoms. The van der Waals surface area contributed by atoms with E-state index in [1.54, 1.807) is 13.0 Å². The molecule has 4 rings (SSSR count). The lowest BCUT2D eigenvalue weighted by Crippen LogP contribution is -2.14. The summed E-state index contributed by atoms with van der Waals surface area (Å²) in [5.74, 6) is -0.638. The molecule has 3 aromatic carbocycles. The van der Waals surface area contributed by atoms with Gasteiger partial charge in [0.1, 0.15) is 28.7 Å². The molecule has 0 aliphatic carbocycles. The number of ether oxygens (including phenoxy) is 2. The Hall–Kier alpha value is -3.36. The van der Waals surface area contributed by atoms with E-state index in [1.807, 2.05) is 49.4 Å². The molecular formula is C29H26BrNO5S. The molecule has 0 aromatic heterocycles. The number of hydrogen-bond donors (Lipinski definition) is 1. The van der Waals surface area contributed by atoms with E-state index < -0.39 is 5.97 Å². The topological polar surface area (TPSA) is 85.2 Å². The summed E-state index contributed by atoms with van der Waals surface area (Å²) in [6, 6.07) is 19.9. The number of esters is 1. The quantitative estimate of drug-likeness (QED) is 0.280. The van der Waals surface area contributed by atoms with Crippen LogP contribution in [0.2, 0.25) is 0 Å². The molecule has 1 amide bonds. The summed E-state index contributed by atoms with van der Waals surface area (Å²) in [5.41, 5.74) is 1.77. The largest absolute Gasteiger partial charge is 0.506 e. The molecule has 1 aliphatic heterocycles. The Morgan fingerprint density at radius 1 is 1.08 bits per heavy atom. The van der Waals surface area contributed by atoms with Crippen LogP contribution < -0.4 is 4.74 Å². The summed E-state index contributed by atoms with van der Waals surface area (Å²) in [4.78, 5) is 29.1. The average molecular weight is 581 g/mol. The van der Waals surface area contributed by atoms with Gasteiger partial charge in [0, 0.05) is 6.42 Å². The van der Waals surface area contributed by atoms with Crippen molar-refractivity contribution in [3.63, 3.8) is 0 Å². The Bertz CT molecular complexity index is 1440. The van der Waals surface area contributed by atoms with Crippen LogP contribution in [0.4, 0.5) is 0 Å². The van der Waals surface area contributed by atoms with E-state index in [1.165, 1.54) is 0 Å². The maximum atomic E-state index is 12.5. The fourth-order valence-electron chi connectivity index (χ4n) is 3.82. The molecule has 1 N–H and O–H groups in total. The molecule has 1 aliphatic rings. The second-order valence-corrected chi connectivity index (χ2v) is 10.1. The van der Waals surface area contributed by atoms with E-state index in [9.17, 15) is 14.7 Å². The molecule has 1 heterocycles. The van der Waals surface area contributed by atoms with Crippen LogP contribution in [0.5, 0.6) is 5.75 Å². The second-order valence-electron chi connectivity index (χ2n) is 8.23. The molecular weight excluding hydrogens is 554 g/mol. The number of thioether (sulfide) groups is 1. The number of amides is 1. The molecule has 3 aromatic rings. The zero-order chi connectivity index (χ0) is 26.4. The Morgan fingerprint density at radius 2 is 1.86 bits per heavy atom. The summed E-state index contributed by atoms with van der Waals surface area (Å²) < 4.78 is 11.9. The maximum Gasteiger partial charge on any atom is 0.344 e. The molecule has 0 atom stereocenters. The Morgan fingerprint density at radius 3 is 2.62 bits per heavy atom. The Labute approximate surface area is 228 Å². The van der Waals surface area contributed by atoms with Crippen molar-refractivity contribution in [2.45, 2.75) is 33.3 Å². The Balaban J connectivity index is 1.56. The highest BCUT2D eigenvalue weighted by Gasteiger charge is 2.33. The van der Waals surface area contributed by atoms with E-state index in [4.69, 9.17) is 9.47 Å². The van der Waals surface area contributed by atoms with Crippen LogP contribution in [0, 0.1) is 0 Å². The number of halogens is 1. The van der Waals surface area contributed by atoms with Crippen molar-refractivity contribution in [3.8, 4) is 5.75 Å². The molecule has 190 valence electrons. The zero-order valence-corrected chi connectivity index (χ0v) is 22.9. The van der Waals surface area contributed by atoms with Crippen LogP contribution in [0.1, 0.15) is 37.8 Å². The minimum Gasteiger partial charge on any atom is -0.506 e. The molecule has 8 heteroatoms. The van der Waals surface area contributed by atoms with Gasteiger partial charge in [0.15, 0.2) is 0 Å². The number of rotatable bonds is 8. The van der Waals surface area contributed by atoms with Crippen LogP contribution in [0.25, 0.3) is 16.8 Å². The number of benzene rings is 3. The minimum atomic E-state index is -0.711. The highest BCUT2D eigenvalue weighted by molar-refractivity contribution is 9.10. The number of nitrogens with zero attached hydrogens (tertiary/aromatic N) is 1. The zero-order valence-electron chi connectivity index (χ0n) is 20.5. The third-order valence-corrected chi connectivity index (χ3v) is 7.22. The lowest BCUT2D eigenvalue weighted by Gasteiger charge is -2.11. The number of carbonyl (C=O) groups excluding carboxylic acids is 2. The van der Waals surface area contributed by atoms with Crippen LogP contribution in [-0.2, 0) is 20.9 Å². The first-order valence-electron chi connectivity index (χ1n) is 11.9. The standard InChI is InChI=1S/C29H26BrNO5S/c1-3-8-25(32)31-28-26(29(34)35-4-2)27(33)24(37-28)16-18-13-14-23(22(30)15-18)36-17-20-11-7-10-19-9-5-6-12-21(19)20/h5-7,9-16,33H,3-4,8,17H2,1-2H3/b24-16-,31-28?. The van der Waals surface area contributed by atoms with E-state index in [0.717, 1.165) is 38.1 Å². The fourth-order valence-corrected chi connectivity index (χ4v) is 5.37. The second kappa shape index (κ2) is 12.3. The van der Waals surface area contributed by atoms with Gasteiger partial charge in [-0.1, -0.05) is 67.2 Å². The van der Waals surface area contributed by atoms with E-state index in [-0.39, 0.29) is 35.3 Å². The van der Waals surface area contributed by atoms with Crippen LogP contribution in [0.15, 0.2) is 86.4 Å². The number of fused-ring (bicyclic) bond motifs is 1. The van der Waals surface area contributed by atoms with Gasteiger partial charge >= 0.3 is 5.97 Å². The van der Waals surface area contributed by atoms with Crippen molar-refractivity contribution >= 4 is 61.5 Å². The van der Waals surface area contributed by atoms with Gasteiger partial charge in [0.25, 0.3) is 0 Å². The molecule has 0 bridgehead atoms. The van der Waals surface area contributed by atoms with Crippen LogP contribution >= 0.6 is 27.7 Å². The highest BCUT2D eigenvalue weighted by atomic mass is 79.9. The number of carbonyl (C=O) groups is 2. The molecule has 6 nitrogen and oxygen atoms in total. The van der Waals surface area contributed by atoms with Gasteiger partial charge in [0.05, 0.1) is 16.0 Å². The van der Waals surface area contributed by atoms with Gasteiger partial charge in [-0.3, -0.25) is 4.79 Å². The average Bonchev–Trinajstić information content (AvgIpc) is 3.17. The highest BCUT2D eigenvalue weighted by Crippen LogP contribution is 2.40. The van der Waals surface area contributed by atoms with Gasteiger partial charge in [-0.15, -0.1) is 0 Å². The van der Waals surface area contributed by atoms with Crippen LogP contribution in [0.3, 0.4) is 0 Å². The predicted octanol–water partition coefficient (Wildman–Crippen LogP) is 7.37. The molecule has 0 unspecified atom stereocenters. The number of aliphatic hydroxyl groups is 1. The van der Waals surface area contributed by atoms with E-state index in [0.29, 0.717) is 23.7 Å². The molecule has 0 fully saturated rings. The summed E-state index contributed by atoms with van der Waals surface area (Å²) >= 11 is 4.64. The lowest BCUT2D eigenvalue weighted by atomic mass is 10.1. The van der Waals surface area contributed by atoms with Crippen molar-refractivity contribution in [3.05, 3.63) is 92.5 Å². The summed E-state index contributed by atoms with van der Waals surface area (Å²) in [5, 5.41) is 13.3. The van der Waals surface area contributed by atoms with Gasteiger partial charge < -0.3 is 14.6 Å². The van der Waals surface area contributed by atoms with E-state index in [2.05, 4.69) is 39.1 Å². The first-order valence-corrected chi connectivity index (χ1v) is 13.5. The third-order valence-electron chi connectivity index (χ3n) is 5.58. The minimum absolute atomic E-state index is 0.0864. The molecule has 0 radical (unpaired) electrons. The summed E-state index contributed by atoms with van der Waals surface area (Å²) in [6.07, 6.45) is 2.62. The predicted molar refractivity (Wildman–Crippen MR) is 152 cm³/mol. The molecule has 0 saturated carbocycles. The van der Waals surface area contributed by atoms with Crippen molar-refractivity contribution in [2.24, 2.45) is 4.99 Å². The molecule has 0 saturated heterocycles. The fraction of sp³-hybridized carbons (Fsp3) is 0.207. The third kappa shape index (κ3) is 6.32. The van der Waals surface area contributed by atoms with Gasteiger partial charge in [-0.25, -0.2) is 9.79 Å². The normalized spacial score (nSPS) is 15.5. The SMILES string of the molecule is CCCC(=O)N=C1S/C(=C\c2ccc(OCc3cccc4ccccc34)c(Br)c2)C(O)=C1C(=O)OCC. The van der Waals surface area contributed by atoms with Crippen molar-refractivity contribution < 1.29 is 24.2 Å². The molecule has 0 spiro atoms. The first kappa shape index (κ1) is 26.7. The van der Waals surface area contributed by atoms with Gasteiger partial charge in [-0.05, 0) is 69.4 Å². The number of aliphatic imine (C=N–C) groups is 1. The van der Waals surface area contributed by atoms with Crippen molar-refractivity contribution in [1.29, 1.82) is 0 Å². The van der Waals surface area contributed by atoms with E-state index >= 15 is 0 Å². The monoisotopic (exact) mass is 579 g/mol. The number of aliphatic hydroxyl groups excluding tert-OH is 1. The van der Waals surface area contributed by atoms with Gasteiger partial charge in [0.2, 0.25) is 5.91 Å². The summed E-state index contributed by atoms with van der Waals surface area (Å²) in [6.45, 7) is 4.10. The lowest BCUT2D eigenvalue weighted by molar-refractivity contribution is -0.138. The van der Waals surface area contributed by atoms with Crippen molar-refractivity contribution in [1.82, 2.24) is 0 Å². The van der Waals surface area contributed by atoms with Gasteiger partial charge in [-0.2, -0.15) is 0 Å².